The van der Waals surface area contributed by atoms with E-state index >= 15 is 0 Å². The molecule has 1 saturated carbocycles. The van der Waals surface area contributed by atoms with Crippen LogP contribution in [-0.4, -0.2) is 0 Å². The molecule has 38 heavy (non-hydrogen) atoms. The summed E-state index contributed by atoms with van der Waals surface area (Å²) < 4.78 is 0. The van der Waals surface area contributed by atoms with Crippen molar-refractivity contribution < 1.29 is 0 Å². The van der Waals surface area contributed by atoms with Crippen molar-refractivity contribution >= 4 is 34.1 Å². The van der Waals surface area contributed by atoms with E-state index in [2.05, 4.69) is 95.9 Å². The van der Waals surface area contributed by atoms with Gasteiger partial charge in [-0.25, -0.2) is 0 Å². The first kappa shape index (κ1) is 22.7. The molecule has 3 aromatic carbocycles. The molecule has 8 rings (SSSR count). The second kappa shape index (κ2) is 8.61. The molecule has 188 valence electrons. The summed E-state index contributed by atoms with van der Waals surface area (Å²) in [5, 5.41) is 0.833. The van der Waals surface area contributed by atoms with E-state index in [-0.39, 0.29) is 5.41 Å². The van der Waals surface area contributed by atoms with Crippen LogP contribution in [0.4, 0.5) is 11.4 Å². The number of fused-ring (bicyclic) bond motifs is 7. The van der Waals surface area contributed by atoms with Crippen LogP contribution in [0.5, 0.6) is 0 Å². The molecule has 1 aliphatic heterocycles. The minimum atomic E-state index is 0.224. The summed E-state index contributed by atoms with van der Waals surface area (Å²) in [5.41, 5.74) is 14.5. The van der Waals surface area contributed by atoms with E-state index in [9.17, 15) is 0 Å². The van der Waals surface area contributed by atoms with Crippen molar-refractivity contribution in [3.05, 3.63) is 130 Å². The summed E-state index contributed by atoms with van der Waals surface area (Å²) in [7, 11) is 0. The van der Waals surface area contributed by atoms with Gasteiger partial charge in [0.25, 0.3) is 0 Å². The molecule has 1 fully saturated rings. The minimum absolute atomic E-state index is 0.224. The molecular formula is C36H32ClN. The number of benzene rings is 3. The maximum Gasteiger partial charge on any atom is 0.0498 e. The summed E-state index contributed by atoms with van der Waals surface area (Å²) in [6.07, 6.45) is 19.2. The summed E-state index contributed by atoms with van der Waals surface area (Å²) in [6, 6.07) is 25.0. The zero-order chi connectivity index (χ0) is 25.3. The molecule has 1 spiro atoms. The van der Waals surface area contributed by atoms with Gasteiger partial charge in [0.2, 0.25) is 0 Å². The first-order valence-electron chi connectivity index (χ1n) is 14.3. The smallest absolute Gasteiger partial charge is 0.0498 e. The maximum atomic E-state index is 6.62. The van der Waals surface area contributed by atoms with Crippen LogP contribution in [-0.2, 0) is 5.41 Å². The van der Waals surface area contributed by atoms with Crippen molar-refractivity contribution in [2.75, 3.05) is 4.90 Å². The van der Waals surface area contributed by atoms with Gasteiger partial charge >= 0.3 is 0 Å². The van der Waals surface area contributed by atoms with Gasteiger partial charge in [0, 0.05) is 33.4 Å². The molecule has 3 aromatic rings. The van der Waals surface area contributed by atoms with E-state index in [1.807, 2.05) is 0 Å². The highest BCUT2D eigenvalue weighted by atomic mass is 35.5. The van der Waals surface area contributed by atoms with Crippen LogP contribution < -0.4 is 4.90 Å². The average molecular weight is 514 g/mol. The summed E-state index contributed by atoms with van der Waals surface area (Å²) >= 11 is 6.62. The normalized spacial score (nSPS) is 22.6. The standard InChI is InChI=1S/C36H32ClN/c37-26-15-18-34-30(21-26)31-22-33-29(28-11-5-6-12-32(28)36(33)19-7-2-8-20-36)23-35(31)38(34)27-16-13-25(14-17-27)24-9-3-1-4-10-24/h1,3,5-6,9,11-18,21,23,31H,2,4,7-8,10,19-20,22H2. The van der Waals surface area contributed by atoms with Crippen molar-refractivity contribution in [3.8, 4) is 0 Å². The third-order valence-electron chi connectivity index (χ3n) is 9.77. The lowest BCUT2D eigenvalue weighted by Gasteiger charge is -2.39. The Labute approximate surface area is 230 Å². The van der Waals surface area contributed by atoms with Crippen molar-refractivity contribution in [3.63, 3.8) is 0 Å². The number of halogens is 1. The molecule has 1 nitrogen and oxygen atoms in total. The molecule has 1 atom stereocenters. The third-order valence-corrected chi connectivity index (χ3v) is 10.0. The predicted octanol–water partition coefficient (Wildman–Crippen LogP) is 10.3. The Morgan fingerprint density at radius 2 is 1.74 bits per heavy atom. The van der Waals surface area contributed by atoms with Crippen LogP contribution in [0.25, 0.3) is 11.1 Å². The number of nitrogens with zero attached hydrogens (tertiary/aromatic N) is 1. The fourth-order valence-corrected chi connectivity index (χ4v) is 8.25. The Hall–Kier alpha value is -3.29. The van der Waals surface area contributed by atoms with Gasteiger partial charge in [-0.3, -0.25) is 0 Å². The molecule has 0 amide bonds. The van der Waals surface area contributed by atoms with Gasteiger partial charge in [-0.1, -0.05) is 91.1 Å². The van der Waals surface area contributed by atoms with Crippen LogP contribution in [0, 0.1) is 0 Å². The van der Waals surface area contributed by atoms with Crippen LogP contribution in [0.15, 0.2) is 102 Å². The molecule has 1 heterocycles. The maximum absolute atomic E-state index is 6.62. The lowest BCUT2D eigenvalue weighted by atomic mass is 9.64. The van der Waals surface area contributed by atoms with E-state index in [1.54, 1.807) is 11.1 Å². The van der Waals surface area contributed by atoms with Gasteiger partial charge in [-0.05, 0) is 102 Å². The van der Waals surface area contributed by atoms with Crippen LogP contribution in [0.1, 0.15) is 79.5 Å². The quantitative estimate of drug-likeness (QED) is 0.329. The van der Waals surface area contributed by atoms with E-state index in [0.29, 0.717) is 5.92 Å². The predicted molar refractivity (Wildman–Crippen MR) is 160 cm³/mol. The molecule has 0 bridgehead atoms. The SMILES string of the molecule is Clc1ccc2c(c1)C1CC3=C(C=C1N2c1ccc(C2=CC=CCC2)cc1)c1ccccc1C31CCCCC1. The first-order valence-corrected chi connectivity index (χ1v) is 14.7. The summed E-state index contributed by atoms with van der Waals surface area (Å²) in [4.78, 5) is 2.51. The highest BCUT2D eigenvalue weighted by molar-refractivity contribution is 6.30. The van der Waals surface area contributed by atoms with E-state index in [1.165, 1.54) is 77.0 Å². The topological polar surface area (TPSA) is 3.24 Å². The van der Waals surface area contributed by atoms with Gasteiger partial charge < -0.3 is 4.90 Å². The minimum Gasteiger partial charge on any atom is -0.313 e. The van der Waals surface area contributed by atoms with Gasteiger partial charge in [-0.15, -0.1) is 0 Å². The lowest BCUT2D eigenvalue weighted by molar-refractivity contribution is 0.335. The highest BCUT2D eigenvalue weighted by Gasteiger charge is 2.49. The average Bonchev–Trinajstić information content (AvgIpc) is 3.42. The fourth-order valence-electron chi connectivity index (χ4n) is 8.06. The molecule has 2 heteroatoms. The zero-order valence-corrected chi connectivity index (χ0v) is 22.5. The van der Waals surface area contributed by atoms with Crippen LogP contribution >= 0.6 is 11.6 Å². The number of rotatable bonds is 2. The van der Waals surface area contributed by atoms with Gasteiger partial charge in [-0.2, -0.15) is 0 Å². The molecule has 0 N–H and O–H groups in total. The summed E-state index contributed by atoms with van der Waals surface area (Å²) in [6.45, 7) is 0. The zero-order valence-electron chi connectivity index (χ0n) is 21.7. The largest absolute Gasteiger partial charge is 0.313 e. The Morgan fingerprint density at radius 1 is 0.895 bits per heavy atom. The first-order chi connectivity index (χ1) is 18.7. The van der Waals surface area contributed by atoms with E-state index in [0.717, 1.165) is 24.3 Å². The Bertz CT molecular complexity index is 1580. The van der Waals surface area contributed by atoms with Crippen LogP contribution in [0.2, 0.25) is 5.02 Å². The number of anilines is 2. The number of hydrogen-bond donors (Lipinski definition) is 0. The van der Waals surface area contributed by atoms with Crippen LogP contribution in [0.3, 0.4) is 0 Å². The van der Waals surface area contributed by atoms with Gasteiger partial charge in [0.1, 0.15) is 0 Å². The summed E-state index contributed by atoms with van der Waals surface area (Å²) in [5.74, 6) is 0.349. The molecule has 0 radical (unpaired) electrons. The lowest BCUT2D eigenvalue weighted by Crippen LogP contribution is -2.31. The number of hydrogen-bond acceptors (Lipinski definition) is 1. The van der Waals surface area contributed by atoms with Gasteiger partial charge in [0.15, 0.2) is 0 Å². The van der Waals surface area contributed by atoms with Crippen molar-refractivity contribution in [2.45, 2.75) is 62.7 Å². The third kappa shape index (κ3) is 3.24. The highest BCUT2D eigenvalue weighted by Crippen LogP contribution is 2.62. The number of allylic oxidation sites excluding steroid dienone is 8. The Kier molecular flexibility index (Phi) is 5.14. The monoisotopic (exact) mass is 513 g/mol. The Morgan fingerprint density at radius 3 is 2.55 bits per heavy atom. The van der Waals surface area contributed by atoms with E-state index in [4.69, 9.17) is 11.6 Å². The molecule has 0 aromatic heterocycles. The Balaban J connectivity index is 1.28. The molecule has 4 aliphatic carbocycles. The molecule has 0 saturated heterocycles. The van der Waals surface area contributed by atoms with Crippen molar-refractivity contribution in [2.24, 2.45) is 0 Å². The molecular weight excluding hydrogens is 482 g/mol. The second-order valence-electron chi connectivity index (χ2n) is 11.7. The molecule has 1 unspecified atom stereocenters. The fraction of sp³-hybridized carbons (Fsp3) is 0.278. The van der Waals surface area contributed by atoms with E-state index < -0.39 is 0 Å². The van der Waals surface area contributed by atoms with Crippen molar-refractivity contribution in [1.29, 1.82) is 0 Å². The second-order valence-corrected chi connectivity index (χ2v) is 12.1. The van der Waals surface area contributed by atoms with Gasteiger partial charge in [0.05, 0.1) is 0 Å². The van der Waals surface area contributed by atoms with Crippen molar-refractivity contribution in [1.82, 2.24) is 0 Å². The molecule has 5 aliphatic rings.